The van der Waals surface area contributed by atoms with E-state index in [1.54, 1.807) is 24.3 Å². The van der Waals surface area contributed by atoms with Crippen LogP contribution in [0.15, 0.2) is 80.6 Å². The van der Waals surface area contributed by atoms with Crippen molar-refractivity contribution in [1.29, 1.82) is 0 Å². The van der Waals surface area contributed by atoms with Gasteiger partial charge in [0.1, 0.15) is 18.2 Å². The SMILES string of the molecule is O=C1S/C(=C\c2cc(Br)ccc2OCc2ccc(F)cc2)C(=O)N1Cc1cccc(Br)c1. The van der Waals surface area contributed by atoms with Crippen LogP contribution < -0.4 is 4.74 Å². The molecular formula is C24H16Br2FNO3S. The van der Waals surface area contributed by atoms with Gasteiger partial charge in [-0.2, -0.15) is 0 Å². The van der Waals surface area contributed by atoms with Crippen LogP contribution in [0.25, 0.3) is 6.08 Å². The summed E-state index contributed by atoms with van der Waals surface area (Å²) in [6, 6.07) is 19.0. The molecule has 1 heterocycles. The Morgan fingerprint density at radius 1 is 0.938 bits per heavy atom. The van der Waals surface area contributed by atoms with Crippen LogP contribution in [-0.2, 0) is 17.9 Å². The fourth-order valence-corrected chi connectivity index (χ4v) is 4.76. The fourth-order valence-electron chi connectivity index (χ4n) is 3.10. The Bertz CT molecular complexity index is 1210. The molecule has 162 valence electrons. The van der Waals surface area contributed by atoms with Crippen molar-refractivity contribution in [2.75, 3.05) is 0 Å². The molecule has 1 saturated heterocycles. The molecule has 0 spiro atoms. The zero-order valence-corrected chi connectivity index (χ0v) is 20.5. The summed E-state index contributed by atoms with van der Waals surface area (Å²) in [5.74, 6) is -0.0996. The summed E-state index contributed by atoms with van der Waals surface area (Å²) in [6.45, 7) is 0.445. The lowest BCUT2D eigenvalue weighted by atomic mass is 10.1. The number of rotatable bonds is 6. The number of carbonyl (C=O) groups excluding carboxylic acids is 2. The van der Waals surface area contributed by atoms with E-state index in [9.17, 15) is 14.0 Å². The second kappa shape index (κ2) is 10.0. The molecule has 32 heavy (non-hydrogen) atoms. The fraction of sp³-hybridized carbons (Fsp3) is 0.0833. The van der Waals surface area contributed by atoms with Gasteiger partial charge < -0.3 is 4.74 Å². The zero-order chi connectivity index (χ0) is 22.7. The van der Waals surface area contributed by atoms with E-state index in [1.165, 1.54) is 17.0 Å². The van der Waals surface area contributed by atoms with E-state index in [2.05, 4.69) is 31.9 Å². The molecule has 4 rings (SSSR count). The van der Waals surface area contributed by atoms with Gasteiger partial charge in [-0.15, -0.1) is 0 Å². The van der Waals surface area contributed by atoms with Crippen molar-refractivity contribution < 1.29 is 18.7 Å². The van der Waals surface area contributed by atoms with Crippen LogP contribution in [0.4, 0.5) is 9.18 Å². The third-order valence-electron chi connectivity index (χ3n) is 4.67. The Hall–Kier alpha value is -2.42. The molecule has 1 aliphatic rings. The standard InChI is InChI=1S/C24H16Br2FNO3S/c25-18-3-1-2-16(10-18)13-28-23(29)22(32-24(28)30)12-17-11-19(26)6-9-21(17)31-14-15-4-7-20(27)8-5-15/h1-12H,13-14H2/b22-12-. The van der Waals surface area contributed by atoms with Crippen LogP contribution in [0.5, 0.6) is 5.75 Å². The normalized spacial score (nSPS) is 15.0. The Kier molecular flexibility index (Phi) is 7.13. The quantitative estimate of drug-likeness (QED) is 0.292. The lowest BCUT2D eigenvalue weighted by molar-refractivity contribution is -0.123. The average Bonchev–Trinajstić information content (AvgIpc) is 3.02. The monoisotopic (exact) mass is 575 g/mol. The van der Waals surface area contributed by atoms with Crippen LogP contribution in [0.2, 0.25) is 0 Å². The number of benzene rings is 3. The topological polar surface area (TPSA) is 46.6 Å². The van der Waals surface area contributed by atoms with Gasteiger partial charge in [-0.05, 0) is 71.4 Å². The first-order valence-electron chi connectivity index (χ1n) is 9.55. The molecular weight excluding hydrogens is 561 g/mol. The van der Waals surface area contributed by atoms with Gasteiger partial charge in [-0.1, -0.05) is 56.1 Å². The minimum atomic E-state index is -0.343. The zero-order valence-electron chi connectivity index (χ0n) is 16.6. The molecule has 1 fully saturated rings. The van der Waals surface area contributed by atoms with E-state index in [-0.39, 0.29) is 30.1 Å². The van der Waals surface area contributed by atoms with Gasteiger partial charge in [-0.3, -0.25) is 14.5 Å². The molecule has 0 saturated carbocycles. The van der Waals surface area contributed by atoms with Crippen molar-refractivity contribution in [2.45, 2.75) is 13.2 Å². The number of thioether (sulfide) groups is 1. The van der Waals surface area contributed by atoms with Gasteiger partial charge >= 0.3 is 0 Å². The minimum Gasteiger partial charge on any atom is -0.488 e. The lowest BCUT2D eigenvalue weighted by Crippen LogP contribution is -2.27. The van der Waals surface area contributed by atoms with E-state index in [4.69, 9.17) is 4.74 Å². The number of hydrogen-bond acceptors (Lipinski definition) is 4. The lowest BCUT2D eigenvalue weighted by Gasteiger charge is -2.13. The second-order valence-corrected chi connectivity index (χ2v) is 9.82. The molecule has 1 aliphatic heterocycles. The maximum absolute atomic E-state index is 13.1. The van der Waals surface area contributed by atoms with Crippen molar-refractivity contribution in [1.82, 2.24) is 4.90 Å². The molecule has 0 radical (unpaired) electrons. The van der Waals surface area contributed by atoms with E-state index >= 15 is 0 Å². The van der Waals surface area contributed by atoms with Gasteiger partial charge in [0, 0.05) is 14.5 Å². The molecule has 0 atom stereocenters. The maximum atomic E-state index is 13.1. The minimum absolute atomic E-state index is 0.202. The first-order chi connectivity index (χ1) is 15.4. The van der Waals surface area contributed by atoms with Crippen LogP contribution in [-0.4, -0.2) is 16.0 Å². The van der Waals surface area contributed by atoms with Gasteiger partial charge in [0.05, 0.1) is 11.4 Å². The van der Waals surface area contributed by atoms with Gasteiger partial charge in [0.15, 0.2) is 0 Å². The highest BCUT2D eigenvalue weighted by Gasteiger charge is 2.35. The summed E-state index contributed by atoms with van der Waals surface area (Å²) >= 11 is 7.75. The molecule has 3 aromatic rings. The Balaban J connectivity index is 1.55. The predicted molar refractivity (Wildman–Crippen MR) is 131 cm³/mol. The summed E-state index contributed by atoms with van der Waals surface area (Å²) < 4.78 is 20.7. The molecule has 4 nitrogen and oxygen atoms in total. The maximum Gasteiger partial charge on any atom is 0.293 e. The first kappa shape index (κ1) is 22.8. The summed E-state index contributed by atoms with van der Waals surface area (Å²) in [6.07, 6.45) is 1.66. The summed E-state index contributed by atoms with van der Waals surface area (Å²) in [5, 5.41) is -0.315. The molecule has 3 aromatic carbocycles. The van der Waals surface area contributed by atoms with Crippen LogP contribution in [0.3, 0.4) is 0 Å². The third kappa shape index (κ3) is 5.49. The number of hydrogen-bond donors (Lipinski definition) is 0. The Morgan fingerprint density at radius 2 is 1.69 bits per heavy atom. The van der Waals surface area contributed by atoms with E-state index in [1.807, 2.05) is 36.4 Å². The van der Waals surface area contributed by atoms with E-state index < -0.39 is 0 Å². The molecule has 8 heteroatoms. The number of imide groups is 1. The average molecular weight is 577 g/mol. The largest absolute Gasteiger partial charge is 0.488 e. The van der Waals surface area contributed by atoms with Gasteiger partial charge in [0.2, 0.25) is 0 Å². The molecule has 0 aromatic heterocycles. The van der Waals surface area contributed by atoms with Crippen LogP contribution in [0, 0.1) is 5.82 Å². The molecule has 2 amide bonds. The highest BCUT2D eigenvalue weighted by atomic mass is 79.9. The van der Waals surface area contributed by atoms with E-state index in [0.29, 0.717) is 16.2 Å². The second-order valence-electron chi connectivity index (χ2n) is 7.00. The highest BCUT2D eigenvalue weighted by molar-refractivity contribution is 9.10. The highest BCUT2D eigenvalue weighted by Crippen LogP contribution is 2.36. The van der Waals surface area contributed by atoms with Gasteiger partial charge in [-0.25, -0.2) is 4.39 Å². The molecule has 0 bridgehead atoms. The number of amides is 2. The van der Waals surface area contributed by atoms with Crippen molar-refractivity contribution >= 4 is 60.8 Å². The predicted octanol–water partition coefficient (Wildman–Crippen LogP) is 7.17. The van der Waals surface area contributed by atoms with E-state index in [0.717, 1.165) is 31.8 Å². The summed E-state index contributed by atoms with van der Waals surface area (Å²) in [5.41, 5.74) is 2.33. The van der Waals surface area contributed by atoms with Crippen molar-refractivity contribution in [3.63, 3.8) is 0 Å². The third-order valence-corrected chi connectivity index (χ3v) is 6.56. The van der Waals surface area contributed by atoms with Gasteiger partial charge in [0.25, 0.3) is 11.1 Å². The number of nitrogens with zero attached hydrogens (tertiary/aromatic N) is 1. The summed E-state index contributed by atoms with van der Waals surface area (Å²) in [4.78, 5) is 27.0. The van der Waals surface area contributed by atoms with Crippen LogP contribution >= 0.6 is 43.6 Å². The number of ether oxygens (including phenoxy) is 1. The van der Waals surface area contributed by atoms with Crippen molar-refractivity contribution in [2.24, 2.45) is 0 Å². The Labute approximate surface area is 205 Å². The van der Waals surface area contributed by atoms with Crippen LogP contribution in [0.1, 0.15) is 16.7 Å². The van der Waals surface area contributed by atoms with Crippen molar-refractivity contribution in [3.05, 3.63) is 103 Å². The molecule has 0 N–H and O–H groups in total. The van der Waals surface area contributed by atoms with Crippen molar-refractivity contribution in [3.8, 4) is 5.75 Å². The smallest absolute Gasteiger partial charge is 0.293 e. The number of carbonyl (C=O) groups is 2. The number of halogens is 3. The first-order valence-corrected chi connectivity index (χ1v) is 12.0. The Morgan fingerprint density at radius 3 is 2.44 bits per heavy atom. The summed E-state index contributed by atoms with van der Waals surface area (Å²) in [7, 11) is 0. The molecule has 0 unspecified atom stereocenters. The molecule has 0 aliphatic carbocycles.